The minimum Gasteiger partial charge on any atom is -0.508 e. The molecule has 2 aromatic carbocycles. The molecule has 0 saturated carbocycles. The van der Waals surface area contributed by atoms with Crippen LogP contribution in [0.2, 0.25) is 6.04 Å². The highest BCUT2D eigenvalue weighted by Gasteiger charge is 2.24. The molecule has 2 aromatic rings. The highest BCUT2D eigenvalue weighted by molar-refractivity contribution is 7.64. The highest BCUT2D eigenvalue weighted by atomic mass is 35.8. The van der Waals surface area contributed by atoms with Gasteiger partial charge in [0.25, 0.3) is 0 Å². The summed E-state index contributed by atoms with van der Waals surface area (Å²) in [4.78, 5) is 0. The summed E-state index contributed by atoms with van der Waals surface area (Å²) < 4.78 is 0. The summed E-state index contributed by atoms with van der Waals surface area (Å²) in [5.74, 6) is 0.279. The summed E-state index contributed by atoms with van der Waals surface area (Å²) >= 11 is 17.9. The van der Waals surface area contributed by atoms with Crippen molar-refractivity contribution in [2.75, 3.05) is 0 Å². The Hall–Kier alpha value is -0.673. The molecule has 0 unspecified atom stereocenters. The fourth-order valence-electron chi connectivity index (χ4n) is 2.98. The number of aromatic hydroxyl groups is 1. The van der Waals surface area contributed by atoms with Crippen molar-refractivity contribution in [3.8, 4) is 16.9 Å². The van der Waals surface area contributed by atoms with Crippen LogP contribution in [0, 0.1) is 0 Å². The lowest BCUT2D eigenvalue weighted by molar-refractivity contribution is 0.474. The van der Waals surface area contributed by atoms with Gasteiger partial charge in [-0.15, -0.1) is 33.2 Å². The van der Waals surface area contributed by atoms with E-state index in [-0.39, 0.29) is 5.75 Å². The Morgan fingerprint density at radius 3 is 2.24 bits per heavy atom. The van der Waals surface area contributed by atoms with Gasteiger partial charge in [-0.2, -0.15) is 0 Å². The molecule has 0 aliphatic heterocycles. The number of phenolic OH excluding ortho intramolecular Hbond substituents is 1. The van der Waals surface area contributed by atoms with Gasteiger partial charge in [-0.3, -0.25) is 0 Å². The third kappa shape index (κ3) is 7.22. The summed E-state index contributed by atoms with van der Waals surface area (Å²) in [6.45, 7) is 2.22. The van der Waals surface area contributed by atoms with Crippen molar-refractivity contribution in [2.45, 2.75) is 51.5 Å². The van der Waals surface area contributed by atoms with Gasteiger partial charge < -0.3 is 5.11 Å². The van der Waals surface area contributed by atoms with Crippen LogP contribution >= 0.6 is 33.2 Å². The molecule has 2 rings (SSSR count). The second-order valence-electron chi connectivity index (χ2n) is 6.46. The fraction of sp³-hybridized carbons (Fsp3) is 0.400. The molecule has 1 nitrogen and oxygen atoms in total. The average Bonchev–Trinajstić information content (AvgIpc) is 2.55. The minimum absolute atomic E-state index is 0.279. The molecule has 0 radical (unpaired) electrons. The Bertz CT molecular complexity index is 666. The number of aryl methyl sites for hydroxylation is 2. The number of hydrogen-bond donors (Lipinski definition) is 1. The Kier molecular flexibility index (Phi) is 8.15. The van der Waals surface area contributed by atoms with E-state index in [1.54, 1.807) is 6.07 Å². The van der Waals surface area contributed by atoms with Crippen LogP contribution in [0.4, 0.5) is 0 Å². The summed E-state index contributed by atoms with van der Waals surface area (Å²) in [5.41, 5.74) is 4.78. The number of phenols is 1. The molecule has 0 atom stereocenters. The van der Waals surface area contributed by atoms with Gasteiger partial charge >= 0.3 is 6.00 Å². The van der Waals surface area contributed by atoms with Gasteiger partial charge in [0.15, 0.2) is 0 Å². The van der Waals surface area contributed by atoms with E-state index in [1.165, 1.54) is 30.4 Å². The first-order valence-electron chi connectivity index (χ1n) is 8.87. The summed E-state index contributed by atoms with van der Waals surface area (Å²) in [6.07, 6.45) is 6.49. The maximum atomic E-state index is 9.84. The molecular weight excluding hydrogens is 391 g/mol. The largest absolute Gasteiger partial charge is 0.508 e. The predicted molar refractivity (Wildman–Crippen MR) is 113 cm³/mol. The molecule has 0 fully saturated rings. The summed E-state index contributed by atoms with van der Waals surface area (Å²) in [7, 11) is 0. The van der Waals surface area contributed by atoms with Gasteiger partial charge in [0.2, 0.25) is 0 Å². The molecule has 5 heteroatoms. The summed E-state index contributed by atoms with van der Waals surface area (Å²) in [5, 5.41) is 9.84. The lowest BCUT2D eigenvalue weighted by Crippen LogP contribution is -2.08. The van der Waals surface area contributed by atoms with E-state index in [2.05, 4.69) is 31.2 Å². The van der Waals surface area contributed by atoms with Crippen LogP contribution in [0.3, 0.4) is 0 Å². The fourth-order valence-corrected chi connectivity index (χ4v) is 4.76. The number of rotatable bonds is 9. The van der Waals surface area contributed by atoms with E-state index in [9.17, 15) is 5.11 Å². The van der Waals surface area contributed by atoms with E-state index in [0.29, 0.717) is 6.04 Å². The monoisotopic (exact) mass is 414 g/mol. The molecule has 0 heterocycles. The molecule has 25 heavy (non-hydrogen) atoms. The highest BCUT2D eigenvalue weighted by Crippen LogP contribution is 2.31. The number of halogens is 3. The van der Waals surface area contributed by atoms with E-state index in [1.807, 2.05) is 12.1 Å². The quantitative estimate of drug-likeness (QED) is 0.257. The second kappa shape index (κ2) is 9.87. The van der Waals surface area contributed by atoms with Crippen molar-refractivity contribution in [2.24, 2.45) is 0 Å². The van der Waals surface area contributed by atoms with Crippen LogP contribution in [0.15, 0.2) is 42.5 Å². The third-order valence-electron chi connectivity index (χ3n) is 4.33. The van der Waals surface area contributed by atoms with Crippen molar-refractivity contribution in [1.82, 2.24) is 0 Å². The van der Waals surface area contributed by atoms with Gasteiger partial charge in [0, 0.05) is 0 Å². The zero-order chi connectivity index (χ0) is 18.3. The van der Waals surface area contributed by atoms with Crippen LogP contribution in [0.25, 0.3) is 11.1 Å². The second-order valence-corrected chi connectivity index (χ2v) is 15.7. The number of hydrogen-bond acceptors (Lipinski definition) is 1. The van der Waals surface area contributed by atoms with Crippen molar-refractivity contribution in [3.05, 3.63) is 53.6 Å². The van der Waals surface area contributed by atoms with Crippen molar-refractivity contribution in [1.29, 1.82) is 0 Å². The van der Waals surface area contributed by atoms with Crippen LogP contribution in [-0.4, -0.2) is 11.1 Å². The zero-order valence-corrected chi connectivity index (χ0v) is 17.8. The average molecular weight is 416 g/mol. The SMILES string of the molecule is CCCCCc1ccc(-c2ccc(O)cc2CCC[Si](Cl)(Cl)Cl)cc1. The van der Waals surface area contributed by atoms with Gasteiger partial charge in [-0.05, 0) is 66.1 Å². The molecular formula is C20H25Cl3OSi. The zero-order valence-electron chi connectivity index (χ0n) is 14.6. The molecule has 0 saturated heterocycles. The normalized spacial score (nSPS) is 11.7. The predicted octanol–water partition coefficient (Wildman–Crippen LogP) is 7.38. The van der Waals surface area contributed by atoms with Gasteiger partial charge in [0.05, 0.1) is 0 Å². The van der Waals surface area contributed by atoms with Crippen LogP contribution in [-0.2, 0) is 12.8 Å². The number of benzene rings is 2. The Balaban J connectivity index is 2.12. The lowest BCUT2D eigenvalue weighted by atomic mass is 9.95. The first kappa shape index (κ1) is 20.6. The molecule has 136 valence electrons. The smallest absolute Gasteiger partial charge is 0.341 e. The molecule has 1 N–H and O–H groups in total. The van der Waals surface area contributed by atoms with Crippen LogP contribution in [0.1, 0.15) is 43.7 Å². The molecule has 0 amide bonds. The van der Waals surface area contributed by atoms with Crippen molar-refractivity contribution in [3.63, 3.8) is 0 Å². The molecule has 0 aliphatic carbocycles. The topological polar surface area (TPSA) is 20.2 Å². The van der Waals surface area contributed by atoms with E-state index in [0.717, 1.165) is 30.4 Å². The van der Waals surface area contributed by atoms with E-state index < -0.39 is 6.00 Å². The molecule has 0 aromatic heterocycles. The van der Waals surface area contributed by atoms with Gasteiger partial charge in [0.1, 0.15) is 5.75 Å². The van der Waals surface area contributed by atoms with E-state index >= 15 is 0 Å². The minimum atomic E-state index is -2.59. The number of unbranched alkanes of at least 4 members (excludes halogenated alkanes) is 2. The van der Waals surface area contributed by atoms with Crippen molar-refractivity contribution >= 4 is 39.2 Å². The van der Waals surface area contributed by atoms with Crippen molar-refractivity contribution < 1.29 is 5.11 Å². The maximum Gasteiger partial charge on any atom is 0.341 e. The Morgan fingerprint density at radius 2 is 1.60 bits per heavy atom. The third-order valence-corrected chi connectivity index (χ3v) is 6.95. The first-order chi connectivity index (χ1) is 11.9. The first-order valence-corrected chi connectivity index (χ1v) is 14.1. The molecule has 0 aliphatic rings. The Labute approximate surface area is 166 Å². The Morgan fingerprint density at radius 1 is 0.880 bits per heavy atom. The van der Waals surface area contributed by atoms with Crippen LogP contribution in [0.5, 0.6) is 5.75 Å². The lowest BCUT2D eigenvalue weighted by Gasteiger charge is -2.13. The molecule has 0 spiro atoms. The summed E-state index contributed by atoms with van der Waals surface area (Å²) in [6, 6.07) is 12.3. The van der Waals surface area contributed by atoms with Gasteiger partial charge in [-0.1, -0.05) is 50.1 Å². The standard InChI is InChI=1S/C20H25Cl3OSi/c1-2-3-4-6-16-8-10-17(11-9-16)20-13-12-19(24)15-18(20)7-5-14-25(21,22)23/h8-13,15,24H,2-7,14H2,1H3. The van der Waals surface area contributed by atoms with E-state index in [4.69, 9.17) is 33.2 Å². The van der Waals surface area contributed by atoms with Gasteiger partial charge in [-0.25, -0.2) is 0 Å². The maximum absolute atomic E-state index is 9.84. The van der Waals surface area contributed by atoms with Crippen LogP contribution < -0.4 is 0 Å². The molecule has 0 bridgehead atoms.